The number of halogens is 3. The van der Waals surface area contributed by atoms with Crippen LogP contribution in [0.1, 0.15) is 10.4 Å². The highest BCUT2D eigenvalue weighted by Crippen LogP contribution is 2.31. The average molecular weight is 462 g/mol. The molecule has 0 aliphatic heterocycles. The van der Waals surface area contributed by atoms with Crippen molar-refractivity contribution in [3.63, 3.8) is 0 Å². The Morgan fingerprint density at radius 3 is 2.56 bits per heavy atom. The number of aromatic nitrogens is 1. The van der Waals surface area contributed by atoms with Crippen LogP contribution < -0.4 is 5.32 Å². The molecule has 0 radical (unpaired) electrons. The van der Waals surface area contributed by atoms with Crippen LogP contribution in [0.2, 0.25) is 10.0 Å². The molecule has 0 spiro atoms. The number of anilines is 1. The summed E-state index contributed by atoms with van der Waals surface area (Å²) in [5, 5.41) is 8.50. The van der Waals surface area contributed by atoms with Crippen molar-refractivity contribution in [2.45, 2.75) is 0 Å². The summed E-state index contributed by atoms with van der Waals surface area (Å²) in [6.07, 6.45) is 0. The second kappa shape index (κ2) is 7.35. The molecule has 0 unspecified atom stereocenters. The number of hydrogen-bond acceptors (Lipinski definition) is 3. The van der Waals surface area contributed by atoms with E-state index in [2.05, 4.69) is 26.4 Å². The molecule has 134 valence electrons. The predicted molar refractivity (Wildman–Crippen MR) is 112 cm³/mol. The van der Waals surface area contributed by atoms with E-state index in [0.717, 1.165) is 15.4 Å². The second-order valence-electron chi connectivity index (χ2n) is 5.83. The summed E-state index contributed by atoms with van der Waals surface area (Å²) in [6.45, 7) is 0. The minimum Gasteiger partial charge on any atom is -0.355 e. The highest BCUT2D eigenvalue weighted by Gasteiger charge is 2.15. The van der Waals surface area contributed by atoms with Crippen LogP contribution in [0.3, 0.4) is 0 Å². The van der Waals surface area contributed by atoms with E-state index in [1.54, 1.807) is 36.4 Å². The van der Waals surface area contributed by atoms with Crippen LogP contribution in [0.25, 0.3) is 22.2 Å². The van der Waals surface area contributed by atoms with Gasteiger partial charge in [-0.3, -0.25) is 4.79 Å². The highest BCUT2D eigenvalue weighted by molar-refractivity contribution is 9.10. The Balaban J connectivity index is 1.70. The van der Waals surface area contributed by atoms with Crippen LogP contribution in [-0.2, 0) is 0 Å². The summed E-state index contributed by atoms with van der Waals surface area (Å²) in [5.74, 6) is 0.303. The molecule has 0 fully saturated rings. The van der Waals surface area contributed by atoms with Gasteiger partial charge in [0, 0.05) is 20.6 Å². The number of nitrogens with zero attached hydrogens (tertiary/aromatic N) is 1. The molecule has 0 atom stereocenters. The quantitative estimate of drug-likeness (QED) is 0.364. The molecule has 4 rings (SSSR count). The van der Waals surface area contributed by atoms with Crippen molar-refractivity contribution in [2.75, 3.05) is 5.32 Å². The summed E-state index contributed by atoms with van der Waals surface area (Å²) in [4.78, 5) is 12.7. The third kappa shape index (κ3) is 3.72. The first-order valence-corrected chi connectivity index (χ1v) is 9.48. The maximum atomic E-state index is 12.7. The van der Waals surface area contributed by atoms with E-state index in [4.69, 9.17) is 27.7 Å². The van der Waals surface area contributed by atoms with Gasteiger partial charge in [0.15, 0.2) is 5.76 Å². The van der Waals surface area contributed by atoms with Gasteiger partial charge < -0.3 is 9.84 Å². The zero-order chi connectivity index (χ0) is 19.0. The van der Waals surface area contributed by atoms with Gasteiger partial charge in [-0.2, -0.15) is 0 Å². The number of fused-ring (bicyclic) bond motifs is 1. The van der Waals surface area contributed by atoms with Crippen molar-refractivity contribution >= 4 is 61.6 Å². The molecule has 4 nitrogen and oxygen atoms in total. The monoisotopic (exact) mass is 460 g/mol. The molecular formula is C20H11BrCl2N2O2. The number of benzene rings is 3. The van der Waals surface area contributed by atoms with Crippen molar-refractivity contribution in [3.8, 4) is 11.3 Å². The van der Waals surface area contributed by atoms with Gasteiger partial charge in [0.05, 0.1) is 16.1 Å². The Kier molecular flexibility index (Phi) is 4.91. The van der Waals surface area contributed by atoms with Crippen LogP contribution in [-0.4, -0.2) is 11.1 Å². The molecule has 1 N–H and O–H groups in total. The molecule has 4 aromatic rings. The lowest BCUT2D eigenvalue weighted by molar-refractivity contribution is 0.102. The molecule has 0 aliphatic carbocycles. The van der Waals surface area contributed by atoms with E-state index < -0.39 is 0 Å². The molecule has 0 saturated heterocycles. The summed E-state index contributed by atoms with van der Waals surface area (Å²) < 4.78 is 6.46. The number of rotatable bonds is 3. The number of hydrogen-bond donors (Lipinski definition) is 1. The summed E-state index contributed by atoms with van der Waals surface area (Å²) >= 11 is 15.5. The van der Waals surface area contributed by atoms with Crippen LogP contribution in [0.15, 0.2) is 69.7 Å². The Hall–Kier alpha value is -2.34. The minimum absolute atomic E-state index is 0.302. The fourth-order valence-corrected chi connectivity index (χ4v) is 3.28. The molecule has 7 heteroatoms. The lowest BCUT2D eigenvalue weighted by Crippen LogP contribution is -2.12. The Morgan fingerprint density at radius 2 is 1.78 bits per heavy atom. The number of amides is 1. The van der Waals surface area contributed by atoms with E-state index in [1.807, 2.05) is 24.3 Å². The fraction of sp³-hybridized carbons (Fsp3) is 0. The highest BCUT2D eigenvalue weighted by atomic mass is 79.9. The van der Waals surface area contributed by atoms with Crippen molar-refractivity contribution in [1.29, 1.82) is 0 Å². The van der Waals surface area contributed by atoms with Gasteiger partial charge in [-0.05, 0) is 60.7 Å². The second-order valence-corrected chi connectivity index (χ2v) is 7.59. The molecule has 0 saturated carbocycles. The zero-order valence-corrected chi connectivity index (χ0v) is 16.8. The topological polar surface area (TPSA) is 55.1 Å². The van der Waals surface area contributed by atoms with Crippen molar-refractivity contribution in [2.24, 2.45) is 0 Å². The van der Waals surface area contributed by atoms with Gasteiger partial charge in [0.1, 0.15) is 5.52 Å². The Labute approximate surface area is 173 Å². The standard InChI is InChI=1S/C20H11BrCl2N2O2/c21-13-4-1-11(2-5-13)19-15-9-12(3-8-17(15)25-27-19)20(26)24-18-10-14(22)6-7-16(18)23/h1-10H,(H,24,26). The van der Waals surface area contributed by atoms with Crippen LogP contribution in [0, 0.1) is 0 Å². The Bertz CT molecular complexity index is 1160. The number of carbonyl (C=O) groups excluding carboxylic acids is 1. The van der Waals surface area contributed by atoms with E-state index in [0.29, 0.717) is 32.6 Å². The van der Waals surface area contributed by atoms with Gasteiger partial charge in [-0.15, -0.1) is 0 Å². The summed E-state index contributed by atoms with van der Waals surface area (Å²) in [6, 6.07) is 17.7. The Morgan fingerprint density at radius 1 is 1.00 bits per heavy atom. The maximum absolute atomic E-state index is 12.7. The van der Waals surface area contributed by atoms with Crippen LogP contribution >= 0.6 is 39.1 Å². The van der Waals surface area contributed by atoms with Crippen molar-refractivity contribution < 1.29 is 9.32 Å². The van der Waals surface area contributed by atoms with Crippen molar-refractivity contribution in [1.82, 2.24) is 5.16 Å². The molecule has 1 amide bonds. The number of carbonyl (C=O) groups is 1. The van der Waals surface area contributed by atoms with E-state index in [-0.39, 0.29) is 5.91 Å². The van der Waals surface area contributed by atoms with E-state index in [1.165, 1.54) is 0 Å². The third-order valence-electron chi connectivity index (χ3n) is 4.02. The third-order valence-corrected chi connectivity index (χ3v) is 5.12. The van der Waals surface area contributed by atoms with E-state index in [9.17, 15) is 4.79 Å². The van der Waals surface area contributed by atoms with Gasteiger partial charge in [0.2, 0.25) is 0 Å². The van der Waals surface area contributed by atoms with Gasteiger partial charge >= 0.3 is 0 Å². The fourth-order valence-electron chi connectivity index (χ4n) is 2.68. The summed E-state index contributed by atoms with van der Waals surface area (Å²) in [5.41, 5.74) is 2.45. The first-order chi connectivity index (χ1) is 13.0. The summed E-state index contributed by atoms with van der Waals surface area (Å²) in [7, 11) is 0. The molecular weight excluding hydrogens is 451 g/mol. The smallest absolute Gasteiger partial charge is 0.255 e. The minimum atomic E-state index is -0.302. The molecule has 3 aromatic carbocycles. The average Bonchev–Trinajstić information content (AvgIpc) is 3.08. The van der Waals surface area contributed by atoms with Crippen LogP contribution in [0.5, 0.6) is 0 Å². The van der Waals surface area contributed by atoms with Gasteiger partial charge in [-0.1, -0.05) is 44.3 Å². The first kappa shape index (κ1) is 18.0. The maximum Gasteiger partial charge on any atom is 0.255 e. The molecule has 1 heterocycles. The van der Waals surface area contributed by atoms with Gasteiger partial charge in [-0.25, -0.2) is 0 Å². The van der Waals surface area contributed by atoms with Crippen LogP contribution in [0.4, 0.5) is 5.69 Å². The number of nitrogens with one attached hydrogen (secondary N) is 1. The molecule has 0 bridgehead atoms. The lowest BCUT2D eigenvalue weighted by atomic mass is 10.1. The lowest BCUT2D eigenvalue weighted by Gasteiger charge is -2.08. The SMILES string of the molecule is O=C(Nc1cc(Cl)ccc1Cl)c1ccc2noc(-c3ccc(Br)cc3)c2c1. The van der Waals surface area contributed by atoms with Crippen molar-refractivity contribution in [3.05, 3.63) is 80.7 Å². The zero-order valence-electron chi connectivity index (χ0n) is 13.7. The molecule has 0 aliphatic rings. The normalized spacial score (nSPS) is 10.9. The molecule has 1 aromatic heterocycles. The predicted octanol–water partition coefficient (Wildman–Crippen LogP) is 6.82. The van der Waals surface area contributed by atoms with Gasteiger partial charge in [0.25, 0.3) is 5.91 Å². The molecule has 27 heavy (non-hydrogen) atoms. The largest absolute Gasteiger partial charge is 0.355 e. The van der Waals surface area contributed by atoms with E-state index >= 15 is 0 Å². The first-order valence-electron chi connectivity index (χ1n) is 7.93.